The van der Waals surface area contributed by atoms with Gasteiger partial charge in [-0.3, -0.25) is 9.59 Å². The van der Waals surface area contributed by atoms with Crippen LogP contribution < -0.4 is 11.5 Å². The lowest BCUT2D eigenvalue weighted by molar-refractivity contribution is -0.126. The summed E-state index contributed by atoms with van der Waals surface area (Å²) in [6.45, 7) is 4.95. The maximum atomic E-state index is 12.5. The number of rotatable bonds is 2. The van der Waals surface area contributed by atoms with Crippen LogP contribution in [0.15, 0.2) is 6.07 Å². The summed E-state index contributed by atoms with van der Waals surface area (Å²) in [6, 6.07) is 1.84. The van der Waals surface area contributed by atoms with Gasteiger partial charge in [-0.2, -0.15) is 0 Å². The molecule has 21 heavy (non-hydrogen) atoms. The second kappa shape index (κ2) is 5.88. The smallest absolute Gasteiger partial charge is 0.264 e. The van der Waals surface area contributed by atoms with E-state index < -0.39 is 5.41 Å². The van der Waals surface area contributed by atoms with E-state index in [9.17, 15) is 9.59 Å². The van der Waals surface area contributed by atoms with Gasteiger partial charge in [-0.25, -0.2) is 0 Å². The predicted molar refractivity (Wildman–Crippen MR) is 82.8 cm³/mol. The van der Waals surface area contributed by atoms with Crippen molar-refractivity contribution in [1.29, 1.82) is 0 Å². The van der Waals surface area contributed by atoms with Gasteiger partial charge in [-0.15, -0.1) is 11.3 Å². The molecule has 1 aromatic rings. The van der Waals surface area contributed by atoms with Crippen LogP contribution in [0.3, 0.4) is 0 Å². The minimum absolute atomic E-state index is 0.0612. The van der Waals surface area contributed by atoms with Crippen molar-refractivity contribution >= 4 is 23.2 Å². The molecule has 0 aromatic carbocycles. The van der Waals surface area contributed by atoms with Crippen molar-refractivity contribution in [3.8, 4) is 11.8 Å². The topological polar surface area (TPSA) is 89.4 Å². The predicted octanol–water partition coefficient (Wildman–Crippen LogP) is 0.704. The number of nitrogens with zero attached hydrogens (tertiary/aromatic N) is 1. The van der Waals surface area contributed by atoms with Crippen molar-refractivity contribution in [3.63, 3.8) is 0 Å². The summed E-state index contributed by atoms with van der Waals surface area (Å²) >= 11 is 1.37. The number of likely N-dealkylation sites (tertiary alicyclic amines) is 1. The molecule has 1 saturated heterocycles. The molecule has 0 radical (unpaired) electrons. The van der Waals surface area contributed by atoms with Crippen LogP contribution in [0.1, 0.15) is 33.5 Å². The van der Waals surface area contributed by atoms with Gasteiger partial charge in [0.2, 0.25) is 5.91 Å². The van der Waals surface area contributed by atoms with E-state index in [0.29, 0.717) is 30.9 Å². The Morgan fingerprint density at radius 1 is 1.52 bits per heavy atom. The highest BCUT2D eigenvalue weighted by Crippen LogP contribution is 2.32. The lowest BCUT2D eigenvalue weighted by atomic mass is 9.89. The molecule has 6 heteroatoms. The summed E-state index contributed by atoms with van der Waals surface area (Å²) in [5.41, 5.74) is 11.1. The second-order valence-electron chi connectivity index (χ2n) is 5.53. The Labute approximate surface area is 128 Å². The molecule has 0 bridgehead atoms. The Morgan fingerprint density at radius 3 is 2.81 bits per heavy atom. The summed E-state index contributed by atoms with van der Waals surface area (Å²) in [7, 11) is 0. The lowest BCUT2D eigenvalue weighted by Crippen LogP contribution is -2.38. The molecule has 2 amide bonds. The number of carbonyl (C=O) groups excluding carboxylic acids is 2. The van der Waals surface area contributed by atoms with Crippen LogP contribution in [-0.2, 0) is 4.79 Å². The Hall–Kier alpha value is -1.84. The zero-order valence-corrected chi connectivity index (χ0v) is 13.0. The molecule has 112 valence electrons. The molecule has 0 spiro atoms. The Morgan fingerprint density at radius 2 is 2.24 bits per heavy atom. The van der Waals surface area contributed by atoms with E-state index in [4.69, 9.17) is 11.5 Å². The van der Waals surface area contributed by atoms with Gasteiger partial charge >= 0.3 is 0 Å². The number of aryl methyl sites for hydroxylation is 1. The van der Waals surface area contributed by atoms with Crippen molar-refractivity contribution in [2.45, 2.75) is 20.3 Å². The van der Waals surface area contributed by atoms with E-state index in [1.165, 1.54) is 11.3 Å². The molecular weight excluding hydrogens is 286 g/mol. The number of hydrogen-bond acceptors (Lipinski definition) is 4. The fourth-order valence-corrected chi connectivity index (χ4v) is 3.35. The average Bonchev–Trinajstić information content (AvgIpc) is 3.00. The fourth-order valence-electron chi connectivity index (χ4n) is 2.33. The van der Waals surface area contributed by atoms with Crippen molar-refractivity contribution < 1.29 is 9.59 Å². The molecule has 2 heterocycles. The van der Waals surface area contributed by atoms with Gasteiger partial charge in [-0.05, 0) is 31.9 Å². The number of thiophene rings is 1. The molecule has 1 unspecified atom stereocenters. The maximum absolute atomic E-state index is 12.5. The Balaban J connectivity index is 2.17. The van der Waals surface area contributed by atoms with E-state index >= 15 is 0 Å². The largest absolute Gasteiger partial charge is 0.369 e. The number of carbonyl (C=O) groups is 2. The highest BCUT2D eigenvalue weighted by molar-refractivity contribution is 7.14. The minimum Gasteiger partial charge on any atom is -0.369 e. The minimum atomic E-state index is -0.621. The second-order valence-corrected chi connectivity index (χ2v) is 6.58. The number of amides is 2. The van der Waals surface area contributed by atoms with Gasteiger partial charge < -0.3 is 16.4 Å². The quantitative estimate of drug-likeness (QED) is 0.788. The molecule has 1 fully saturated rings. The van der Waals surface area contributed by atoms with E-state index in [0.717, 1.165) is 10.4 Å². The standard InChI is InChI=1S/C15H19N3O2S/c1-10-8-12(21-11(10)4-3-6-16)13(19)18-7-5-15(2,9-18)14(17)20/h8H,5-7,9,16H2,1-2H3,(H2,17,20). The summed E-state index contributed by atoms with van der Waals surface area (Å²) < 4.78 is 0. The van der Waals surface area contributed by atoms with Crippen molar-refractivity contribution in [1.82, 2.24) is 4.90 Å². The molecule has 0 saturated carbocycles. The van der Waals surface area contributed by atoms with E-state index in [1.54, 1.807) is 11.8 Å². The monoisotopic (exact) mass is 305 g/mol. The molecular formula is C15H19N3O2S. The fraction of sp³-hybridized carbons (Fsp3) is 0.467. The van der Waals surface area contributed by atoms with Crippen LogP contribution in [-0.4, -0.2) is 36.3 Å². The van der Waals surface area contributed by atoms with Crippen LogP contribution in [0.2, 0.25) is 0 Å². The van der Waals surface area contributed by atoms with E-state index in [-0.39, 0.29) is 11.8 Å². The summed E-state index contributed by atoms with van der Waals surface area (Å²) in [5, 5.41) is 0. The third-order valence-corrected chi connectivity index (χ3v) is 4.93. The first-order valence-electron chi connectivity index (χ1n) is 6.76. The van der Waals surface area contributed by atoms with Gasteiger partial charge in [0.25, 0.3) is 5.91 Å². The van der Waals surface area contributed by atoms with Gasteiger partial charge in [0.15, 0.2) is 0 Å². The SMILES string of the molecule is Cc1cc(C(=O)N2CCC(C)(C(N)=O)C2)sc1C#CCN. The van der Waals surface area contributed by atoms with Crippen molar-refractivity contribution in [3.05, 3.63) is 21.4 Å². The van der Waals surface area contributed by atoms with Crippen LogP contribution >= 0.6 is 11.3 Å². The van der Waals surface area contributed by atoms with Crippen molar-refractivity contribution in [2.75, 3.05) is 19.6 Å². The molecule has 1 aromatic heterocycles. The highest BCUT2D eigenvalue weighted by atomic mass is 32.1. The zero-order valence-electron chi connectivity index (χ0n) is 12.2. The first-order valence-corrected chi connectivity index (χ1v) is 7.57. The maximum Gasteiger partial charge on any atom is 0.264 e. The van der Waals surface area contributed by atoms with Crippen LogP contribution in [0.5, 0.6) is 0 Å². The first kappa shape index (κ1) is 15.5. The van der Waals surface area contributed by atoms with Gasteiger partial charge in [0.05, 0.1) is 21.7 Å². The number of hydrogen-bond donors (Lipinski definition) is 2. The molecule has 2 rings (SSSR count). The van der Waals surface area contributed by atoms with Gasteiger partial charge in [0, 0.05) is 13.1 Å². The third kappa shape index (κ3) is 3.09. The zero-order chi connectivity index (χ0) is 15.6. The third-order valence-electron chi connectivity index (χ3n) is 3.79. The number of primary amides is 1. The van der Waals surface area contributed by atoms with Crippen LogP contribution in [0.25, 0.3) is 0 Å². The summed E-state index contributed by atoms with van der Waals surface area (Å²) in [6.07, 6.45) is 0.609. The van der Waals surface area contributed by atoms with Crippen LogP contribution in [0, 0.1) is 24.2 Å². The molecule has 5 nitrogen and oxygen atoms in total. The van der Waals surface area contributed by atoms with E-state index in [1.807, 2.05) is 13.0 Å². The lowest BCUT2D eigenvalue weighted by Gasteiger charge is -2.20. The first-order chi connectivity index (χ1) is 9.87. The molecule has 1 atom stereocenters. The molecule has 1 aliphatic heterocycles. The Kier molecular flexibility index (Phi) is 4.35. The van der Waals surface area contributed by atoms with Gasteiger partial charge in [0.1, 0.15) is 0 Å². The van der Waals surface area contributed by atoms with Crippen LogP contribution in [0.4, 0.5) is 0 Å². The summed E-state index contributed by atoms with van der Waals surface area (Å²) in [5.74, 6) is 5.36. The highest BCUT2D eigenvalue weighted by Gasteiger charge is 2.41. The normalized spacial score (nSPS) is 21.0. The average molecular weight is 305 g/mol. The van der Waals surface area contributed by atoms with Crippen molar-refractivity contribution in [2.24, 2.45) is 16.9 Å². The number of nitrogens with two attached hydrogens (primary N) is 2. The molecule has 4 N–H and O–H groups in total. The van der Waals surface area contributed by atoms with Gasteiger partial charge in [-0.1, -0.05) is 11.8 Å². The summed E-state index contributed by atoms with van der Waals surface area (Å²) in [4.78, 5) is 27.2. The Bertz CT molecular complexity index is 641. The molecule has 1 aliphatic rings. The molecule has 0 aliphatic carbocycles. The van der Waals surface area contributed by atoms with E-state index in [2.05, 4.69) is 11.8 Å².